The lowest BCUT2D eigenvalue weighted by Gasteiger charge is -2.03. The minimum absolute atomic E-state index is 0.222. The van der Waals surface area contributed by atoms with Crippen molar-refractivity contribution in [3.8, 4) is 11.3 Å². The highest BCUT2D eigenvalue weighted by atomic mass is 19.1. The van der Waals surface area contributed by atoms with Crippen LogP contribution in [0.5, 0.6) is 0 Å². The van der Waals surface area contributed by atoms with Gasteiger partial charge in [0.05, 0.1) is 5.69 Å². The van der Waals surface area contributed by atoms with Crippen LogP contribution in [0, 0.1) is 5.82 Å². The van der Waals surface area contributed by atoms with Crippen LogP contribution in [-0.4, -0.2) is 16.3 Å². The molecule has 0 aliphatic carbocycles. The van der Waals surface area contributed by atoms with Crippen molar-refractivity contribution in [1.29, 1.82) is 0 Å². The van der Waals surface area contributed by atoms with E-state index in [9.17, 15) is 4.39 Å². The topological polar surface area (TPSA) is 29.9 Å². The summed E-state index contributed by atoms with van der Waals surface area (Å²) in [5.74, 6) is -0.222. The first-order chi connectivity index (χ1) is 8.70. The smallest absolute Gasteiger partial charge is 0.123 e. The fraction of sp³-hybridized carbons (Fsp3) is 0.357. The van der Waals surface area contributed by atoms with Crippen LogP contribution in [0.1, 0.15) is 18.9 Å². The standard InChI is InChI=1S/C14H18FN3/c1-3-8-16-9-12-10-18(2)17-14(12)11-4-6-13(15)7-5-11/h4-7,10,16H,3,8-9H2,1-2H3. The second-order valence-electron chi connectivity index (χ2n) is 4.36. The summed E-state index contributed by atoms with van der Waals surface area (Å²) in [7, 11) is 1.90. The molecule has 1 aromatic heterocycles. The van der Waals surface area contributed by atoms with Gasteiger partial charge in [-0.25, -0.2) is 4.39 Å². The van der Waals surface area contributed by atoms with Crippen LogP contribution >= 0.6 is 0 Å². The highest BCUT2D eigenvalue weighted by molar-refractivity contribution is 5.62. The predicted molar refractivity (Wildman–Crippen MR) is 70.6 cm³/mol. The Morgan fingerprint density at radius 3 is 2.67 bits per heavy atom. The average Bonchev–Trinajstić information content (AvgIpc) is 2.72. The van der Waals surface area contributed by atoms with E-state index in [1.54, 1.807) is 16.8 Å². The number of hydrogen-bond donors (Lipinski definition) is 1. The van der Waals surface area contributed by atoms with Crippen molar-refractivity contribution in [1.82, 2.24) is 15.1 Å². The lowest BCUT2D eigenvalue weighted by atomic mass is 10.1. The first-order valence-corrected chi connectivity index (χ1v) is 6.20. The molecule has 0 unspecified atom stereocenters. The first kappa shape index (κ1) is 12.8. The molecule has 2 aromatic rings. The summed E-state index contributed by atoms with van der Waals surface area (Å²) in [4.78, 5) is 0. The third kappa shape index (κ3) is 2.96. The van der Waals surface area contributed by atoms with E-state index in [2.05, 4.69) is 17.3 Å². The molecular weight excluding hydrogens is 229 g/mol. The van der Waals surface area contributed by atoms with E-state index in [1.165, 1.54) is 12.1 Å². The number of nitrogens with zero attached hydrogens (tertiary/aromatic N) is 2. The molecule has 1 aromatic carbocycles. The molecule has 1 heterocycles. The number of aryl methyl sites for hydroxylation is 1. The number of nitrogens with one attached hydrogen (secondary N) is 1. The fourth-order valence-electron chi connectivity index (χ4n) is 1.92. The minimum Gasteiger partial charge on any atom is -0.313 e. The molecule has 0 spiro atoms. The molecule has 0 saturated carbocycles. The summed E-state index contributed by atoms with van der Waals surface area (Å²) in [6.07, 6.45) is 3.10. The molecule has 96 valence electrons. The van der Waals surface area contributed by atoms with Gasteiger partial charge < -0.3 is 5.32 Å². The SMILES string of the molecule is CCCNCc1cn(C)nc1-c1ccc(F)cc1. The van der Waals surface area contributed by atoms with Crippen molar-refractivity contribution in [2.75, 3.05) is 6.54 Å². The molecule has 3 nitrogen and oxygen atoms in total. The van der Waals surface area contributed by atoms with E-state index in [0.29, 0.717) is 0 Å². The fourth-order valence-corrected chi connectivity index (χ4v) is 1.92. The number of benzene rings is 1. The van der Waals surface area contributed by atoms with E-state index in [-0.39, 0.29) is 5.82 Å². The van der Waals surface area contributed by atoms with Crippen molar-refractivity contribution in [2.24, 2.45) is 7.05 Å². The number of hydrogen-bond acceptors (Lipinski definition) is 2. The maximum absolute atomic E-state index is 12.9. The van der Waals surface area contributed by atoms with Gasteiger partial charge in [-0.3, -0.25) is 4.68 Å². The molecule has 0 saturated heterocycles. The maximum Gasteiger partial charge on any atom is 0.123 e. The zero-order valence-corrected chi connectivity index (χ0v) is 10.8. The first-order valence-electron chi connectivity index (χ1n) is 6.20. The number of aromatic nitrogens is 2. The Kier molecular flexibility index (Phi) is 4.10. The van der Waals surface area contributed by atoms with E-state index < -0.39 is 0 Å². The summed E-state index contributed by atoms with van der Waals surface area (Å²) in [5, 5.41) is 7.80. The van der Waals surface area contributed by atoms with Crippen LogP contribution in [0.25, 0.3) is 11.3 Å². The average molecular weight is 247 g/mol. The Balaban J connectivity index is 2.23. The van der Waals surface area contributed by atoms with E-state index in [0.717, 1.165) is 36.3 Å². The summed E-state index contributed by atoms with van der Waals surface area (Å²) in [5.41, 5.74) is 3.00. The van der Waals surface area contributed by atoms with E-state index in [4.69, 9.17) is 0 Å². The van der Waals surface area contributed by atoms with Gasteiger partial charge in [0.2, 0.25) is 0 Å². The molecular formula is C14H18FN3. The Labute approximate surface area is 107 Å². The van der Waals surface area contributed by atoms with E-state index >= 15 is 0 Å². The van der Waals surface area contributed by atoms with Gasteiger partial charge in [0, 0.05) is 30.9 Å². The molecule has 0 aliphatic rings. The van der Waals surface area contributed by atoms with Crippen molar-refractivity contribution >= 4 is 0 Å². The lowest BCUT2D eigenvalue weighted by molar-refractivity contribution is 0.628. The molecule has 4 heteroatoms. The molecule has 0 fully saturated rings. The van der Waals surface area contributed by atoms with Crippen LogP contribution in [-0.2, 0) is 13.6 Å². The Morgan fingerprint density at radius 1 is 1.28 bits per heavy atom. The summed E-state index contributed by atoms with van der Waals surface area (Å²) in [6, 6.07) is 6.46. The Bertz CT molecular complexity index is 502. The molecule has 0 radical (unpaired) electrons. The van der Waals surface area contributed by atoms with Gasteiger partial charge in [-0.2, -0.15) is 5.10 Å². The summed E-state index contributed by atoms with van der Waals surface area (Å²) >= 11 is 0. The van der Waals surface area contributed by atoms with Gasteiger partial charge in [-0.05, 0) is 37.2 Å². The van der Waals surface area contributed by atoms with Gasteiger partial charge in [-0.15, -0.1) is 0 Å². The monoisotopic (exact) mass is 247 g/mol. The summed E-state index contributed by atoms with van der Waals surface area (Å²) < 4.78 is 14.7. The quantitative estimate of drug-likeness (QED) is 0.823. The van der Waals surface area contributed by atoms with Crippen LogP contribution in [0.3, 0.4) is 0 Å². The zero-order valence-electron chi connectivity index (χ0n) is 10.8. The van der Waals surface area contributed by atoms with Crippen molar-refractivity contribution < 1.29 is 4.39 Å². The summed E-state index contributed by atoms with van der Waals surface area (Å²) in [6.45, 7) is 3.91. The Hall–Kier alpha value is -1.68. The normalized spacial score (nSPS) is 10.8. The third-order valence-corrected chi connectivity index (χ3v) is 2.76. The van der Waals surface area contributed by atoms with Gasteiger partial charge in [0.15, 0.2) is 0 Å². The van der Waals surface area contributed by atoms with Gasteiger partial charge in [-0.1, -0.05) is 6.92 Å². The highest BCUT2D eigenvalue weighted by Crippen LogP contribution is 2.22. The number of rotatable bonds is 5. The third-order valence-electron chi connectivity index (χ3n) is 2.76. The van der Waals surface area contributed by atoms with Crippen LogP contribution in [0.4, 0.5) is 4.39 Å². The molecule has 0 aliphatic heterocycles. The Morgan fingerprint density at radius 2 is 2.00 bits per heavy atom. The van der Waals surface area contributed by atoms with Crippen LogP contribution < -0.4 is 5.32 Å². The molecule has 0 bridgehead atoms. The van der Waals surface area contributed by atoms with Crippen molar-refractivity contribution in [3.63, 3.8) is 0 Å². The van der Waals surface area contributed by atoms with Gasteiger partial charge in [0.25, 0.3) is 0 Å². The second kappa shape index (κ2) is 5.78. The molecule has 0 atom stereocenters. The van der Waals surface area contributed by atoms with Crippen LogP contribution in [0.2, 0.25) is 0 Å². The second-order valence-corrected chi connectivity index (χ2v) is 4.36. The highest BCUT2D eigenvalue weighted by Gasteiger charge is 2.09. The van der Waals surface area contributed by atoms with Gasteiger partial charge >= 0.3 is 0 Å². The molecule has 1 N–H and O–H groups in total. The largest absolute Gasteiger partial charge is 0.313 e. The van der Waals surface area contributed by atoms with Gasteiger partial charge in [0.1, 0.15) is 5.82 Å². The molecule has 0 amide bonds. The van der Waals surface area contributed by atoms with Crippen LogP contribution in [0.15, 0.2) is 30.5 Å². The molecule has 2 rings (SSSR count). The predicted octanol–water partition coefficient (Wildman–Crippen LogP) is 2.73. The van der Waals surface area contributed by atoms with E-state index in [1.807, 2.05) is 13.2 Å². The van der Waals surface area contributed by atoms with Crippen molar-refractivity contribution in [2.45, 2.75) is 19.9 Å². The zero-order chi connectivity index (χ0) is 13.0. The maximum atomic E-state index is 12.9. The van der Waals surface area contributed by atoms with Crippen molar-refractivity contribution in [3.05, 3.63) is 41.8 Å². The molecule has 18 heavy (non-hydrogen) atoms. The number of halogens is 1. The minimum atomic E-state index is -0.222. The lowest BCUT2D eigenvalue weighted by Crippen LogP contribution is -2.13.